The van der Waals surface area contributed by atoms with E-state index in [0.717, 1.165) is 5.56 Å². The summed E-state index contributed by atoms with van der Waals surface area (Å²) in [6, 6.07) is 2.72. The van der Waals surface area contributed by atoms with Gasteiger partial charge in [-0.3, -0.25) is 4.79 Å². The smallest absolute Gasteiger partial charge is 0.251 e. The Bertz CT molecular complexity index is 376. The minimum atomic E-state index is -0.451. The molecule has 0 aromatic heterocycles. The highest BCUT2D eigenvalue weighted by atomic mass is 19.1. The standard InChI is InChI=1S/C9H9FN2O/c10-7-3-5-1-2-12-9(13)6(5)4-8(7)11/h3-4H,1-2,11H2,(H,12,13). The molecule has 13 heavy (non-hydrogen) atoms. The van der Waals surface area contributed by atoms with Crippen molar-refractivity contribution in [2.75, 3.05) is 12.3 Å². The minimum absolute atomic E-state index is 0.0239. The predicted octanol–water partition coefficient (Wildman–Crippen LogP) is 0.694. The maximum Gasteiger partial charge on any atom is 0.251 e. The maximum absolute atomic E-state index is 13.0. The van der Waals surface area contributed by atoms with Crippen LogP contribution in [0.15, 0.2) is 12.1 Å². The van der Waals surface area contributed by atoms with Crippen LogP contribution in [0.25, 0.3) is 0 Å². The number of nitrogens with two attached hydrogens (primary N) is 1. The Hall–Kier alpha value is -1.58. The molecule has 3 nitrogen and oxygen atoms in total. The molecule has 0 saturated heterocycles. The van der Waals surface area contributed by atoms with Gasteiger partial charge in [-0.1, -0.05) is 0 Å². The number of fused-ring (bicyclic) bond motifs is 1. The second-order valence-electron chi connectivity index (χ2n) is 3.04. The zero-order chi connectivity index (χ0) is 9.42. The Morgan fingerprint density at radius 3 is 3.00 bits per heavy atom. The highest BCUT2D eigenvalue weighted by molar-refractivity contribution is 5.97. The van der Waals surface area contributed by atoms with E-state index in [1.165, 1.54) is 12.1 Å². The van der Waals surface area contributed by atoms with E-state index in [4.69, 9.17) is 5.73 Å². The van der Waals surface area contributed by atoms with Crippen LogP contribution in [0.5, 0.6) is 0 Å². The first-order chi connectivity index (χ1) is 6.18. The molecule has 4 heteroatoms. The van der Waals surface area contributed by atoms with E-state index in [1.54, 1.807) is 0 Å². The third-order valence-electron chi connectivity index (χ3n) is 2.15. The molecule has 3 N–H and O–H groups in total. The van der Waals surface area contributed by atoms with Crippen LogP contribution in [-0.4, -0.2) is 12.5 Å². The lowest BCUT2D eigenvalue weighted by Gasteiger charge is -2.16. The summed E-state index contributed by atoms with van der Waals surface area (Å²) in [4.78, 5) is 11.3. The Morgan fingerprint density at radius 2 is 2.23 bits per heavy atom. The topological polar surface area (TPSA) is 55.1 Å². The van der Waals surface area contributed by atoms with Gasteiger partial charge in [0.05, 0.1) is 5.69 Å². The molecular formula is C9H9FN2O. The molecule has 0 fully saturated rings. The average Bonchev–Trinajstić information content (AvgIpc) is 2.09. The van der Waals surface area contributed by atoms with Crippen molar-refractivity contribution in [1.29, 1.82) is 0 Å². The third-order valence-corrected chi connectivity index (χ3v) is 2.15. The number of rotatable bonds is 0. The molecule has 0 bridgehead atoms. The van der Waals surface area contributed by atoms with E-state index in [-0.39, 0.29) is 11.6 Å². The Morgan fingerprint density at radius 1 is 1.46 bits per heavy atom. The molecule has 1 aromatic rings. The maximum atomic E-state index is 13.0. The van der Waals surface area contributed by atoms with Crippen LogP contribution < -0.4 is 11.1 Å². The van der Waals surface area contributed by atoms with E-state index < -0.39 is 5.82 Å². The van der Waals surface area contributed by atoms with Gasteiger partial charge in [0.25, 0.3) is 5.91 Å². The van der Waals surface area contributed by atoms with Gasteiger partial charge in [0.2, 0.25) is 0 Å². The van der Waals surface area contributed by atoms with Gasteiger partial charge in [-0.15, -0.1) is 0 Å². The van der Waals surface area contributed by atoms with E-state index >= 15 is 0 Å². The Kier molecular flexibility index (Phi) is 1.69. The molecule has 0 unspecified atom stereocenters. The van der Waals surface area contributed by atoms with Crippen LogP contribution in [0.1, 0.15) is 15.9 Å². The first-order valence-corrected chi connectivity index (χ1v) is 4.04. The summed E-state index contributed by atoms with van der Waals surface area (Å²) in [6.07, 6.45) is 0.665. The van der Waals surface area contributed by atoms with Crippen molar-refractivity contribution in [2.24, 2.45) is 0 Å². The highest BCUT2D eigenvalue weighted by Gasteiger charge is 2.18. The van der Waals surface area contributed by atoms with Crippen LogP contribution in [0.2, 0.25) is 0 Å². The van der Waals surface area contributed by atoms with Gasteiger partial charge in [0.1, 0.15) is 5.82 Å². The van der Waals surface area contributed by atoms with Crippen molar-refractivity contribution in [3.63, 3.8) is 0 Å². The van der Waals surface area contributed by atoms with Crippen LogP contribution in [0, 0.1) is 5.82 Å². The first kappa shape index (κ1) is 8.04. The lowest BCUT2D eigenvalue weighted by molar-refractivity contribution is 0.0946. The first-order valence-electron chi connectivity index (χ1n) is 4.04. The van der Waals surface area contributed by atoms with Gasteiger partial charge >= 0.3 is 0 Å². The molecule has 0 spiro atoms. The van der Waals surface area contributed by atoms with E-state index in [1.807, 2.05) is 0 Å². The summed E-state index contributed by atoms with van der Waals surface area (Å²) in [7, 11) is 0. The van der Waals surface area contributed by atoms with Crippen molar-refractivity contribution in [1.82, 2.24) is 5.32 Å². The fraction of sp³-hybridized carbons (Fsp3) is 0.222. The number of hydrogen-bond acceptors (Lipinski definition) is 2. The van der Waals surface area contributed by atoms with Gasteiger partial charge < -0.3 is 11.1 Å². The van der Waals surface area contributed by atoms with Crippen LogP contribution >= 0.6 is 0 Å². The number of amides is 1. The summed E-state index contributed by atoms with van der Waals surface area (Å²) in [5, 5.41) is 2.67. The third kappa shape index (κ3) is 1.24. The van der Waals surface area contributed by atoms with Gasteiger partial charge in [0, 0.05) is 12.1 Å². The quantitative estimate of drug-likeness (QED) is 0.577. The second-order valence-corrected chi connectivity index (χ2v) is 3.04. The van der Waals surface area contributed by atoms with Crippen LogP contribution in [-0.2, 0) is 6.42 Å². The fourth-order valence-corrected chi connectivity index (χ4v) is 1.46. The molecular weight excluding hydrogens is 171 g/mol. The predicted molar refractivity (Wildman–Crippen MR) is 46.8 cm³/mol. The molecule has 2 rings (SSSR count). The van der Waals surface area contributed by atoms with Crippen molar-refractivity contribution in [3.8, 4) is 0 Å². The summed E-state index contributed by atoms with van der Waals surface area (Å²) in [5.41, 5.74) is 6.60. The molecule has 1 heterocycles. The molecule has 0 radical (unpaired) electrons. The molecule has 0 atom stereocenters. The zero-order valence-corrected chi connectivity index (χ0v) is 6.93. The van der Waals surface area contributed by atoms with Crippen molar-refractivity contribution < 1.29 is 9.18 Å². The highest BCUT2D eigenvalue weighted by Crippen LogP contribution is 2.20. The van der Waals surface area contributed by atoms with E-state index in [9.17, 15) is 9.18 Å². The largest absolute Gasteiger partial charge is 0.396 e. The summed E-state index contributed by atoms with van der Waals surface area (Å²) >= 11 is 0. The summed E-state index contributed by atoms with van der Waals surface area (Å²) < 4.78 is 13.0. The SMILES string of the molecule is Nc1cc2c(cc1F)CCNC2=O. The lowest BCUT2D eigenvalue weighted by Crippen LogP contribution is -2.32. The average molecular weight is 180 g/mol. The number of anilines is 1. The molecule has 0 aliphatic carbocycles. The molecule has 1 aliphatic rings. The lowest BCUT2D eigenvalue weighted by atomic mass is 9.99. The van der Waals surface area contributed by atoms with E-state index in [0.29, 0.717) is 18.5 Å². The zero-order valence-electron chi connectivity index (χ0n) is 6.93. The normalized spacial score (nSPS) is 15.0. The number of nitrogens with one attached hydrogen (secondary N) is 1. The van der Waals surface area contributed by atoms with Gasteiger partial charge in [-0.2, -0.15) is 0 Å². The number of carbonyl (C=O) groups excluding carboxylic acids is 1. The minimum Gasteiger partial charge on any atom is -0.396 e. The van der Waals surface area contributed by atoms with Crippen molar-refractivity contribution in [3.05, 3.63) is 29.1 Å². The van der Waals surface area contributed by atoms with Gasteiger partial charge in [-0.05, 0) is 24.1 Å². The van der Waals surface area contributed by atoms with Crippen molar-refractivity contribution >= 4 is 11.6 Å². The monoisotopic (exact) mass is 180 g/mol. The van der Waals surface area contributed by atoms with Gasteiger partial charge in [0.15, 0.2) is 0 Å². The Balaban J connectivity index is 2.58. The van der Waals surface area contributed by atoms with Crippen LogP contribution in [0.4, 0.5) is 10.1 Å². The summed E-state index contributed by atoms with van der Waals surface area (Å²) in [5.74, 6) is -0.624. The second kappa shape index (κ2) is 2.73. The van der Waals surface area contributed by atoms with Crippen molar-refractivity contribution in [2.45, 2.75) is 6.42 Å². The molecule has 1 aromatic carbocycles. The molecule has 1 amide bonds. The molecule has 68 valence electrons. The molecule has 1 aliphatic heterocycles. The van der Waals surface area contributed by atoms with Gasteiger partial charge in [-0.25, -0.2) is 4.39 Å². The molecule has 0 saturated carbocycles. The number of carbonyl (C=O) groups is 1. The number of benzene rings is 1. The number of hydrogen-bond donors (Lipinski definition) is 2. The van der Waals surface area contributed by atoms with Crippen LogP contribution in [0.3, 0.4) is 0 Å². The number of halogens is 1. The summed E-state index contributed by atoms with van der Waals surface area (Å²) in [6.45, 7) is 0.565. The fourth-order valence-electron chi connectivity index (χ4n) is 1.46. The Labute approximate surface area is 74.7 Å². The number of nitrogen functional groups attached to an aromatic ring is 1. The van der Waals surface area contributed by atoms with E-state index in [2.05, 4.69) is 5.32 Å².